The normalized spacial score (nSPS) is 20.1. The highest BCUT2D eigenvalue weighted by Crippen LogP contribution is 2.34. The van der Waals surface area contributed by atoms with Crippen LogP contribution in [-0.2, 0) is 4.79 Å². The standard InChI is InChI=1S/C17H34N2O/c1-3-5-11-15(10-4-2)19-16(20)17(14-18)12-8-6-7-9-13-17/h15H,3-14,18H2,1-2H3,(H,19,20). The van der Waals surface area contributed by atoms with Crippen LogP contribution in [0.15, 0.2) is 0 Å². The molecule has 0 aromatic rings. The first-order valence-corrected chi connectivity index (χ1v) is 8.69. The van der Waals surface area contributed by atoms with Gasteiger partial charge < -0.3 is 11.1 Å². The van der Waals surface area contributed by atoms with Crippen molar-refractivity contribution in [2.24, 2.45) is 11.1 Å². The van der Waals surface area contributed by atoms with E-state index in [0.717, 1.165) is 44.9 Å². The topological polar surface area (TPSA) is 55.1 Å². The Morgan fingerprint density at radius 3 is 2.25 bits per heavy atom. The lowest BCUT2D eigenvalue weighted by Crippen LogP contribution is -2.49. The second-order valence-corrected chi connectivity index (χ2v) is 6.50. The molecule has 0 aliphatic heterocycles. The lowest BCUT2D eigenvalue weighted by atomic mass is 9.79. The van der Waals surface area contributed by atoms with E-state index in [1.54, 1.807) is 0 Å². The van der Waals surface area contributed by atoms with Gasteiger partial charge in [0.1, 0.15) is 0 Å². The Labute approximate surface area is 125 Å². The van der Waals surface area contributed by atoms with Crippen LogP contribution in [-0.4, -0.2) is 18.5 Å². The van der Waals surface area contributed by atoms with E-state index in [4.69, 9.17) is 5.73 Å². The van der Waals surface area contributed by atoms with Gasteiger partial charge in [-0.3, -0.25) is 4.79 Å². The van der Waals surface area contributed by atoms with Crippen LogP contribution in [0.3, 0.4) is 0 Å². The van der Waals surface area contributed by atoms with E-state index < -0.39 is 0 Å². The Kier molecular flexibility index (Phi) is 8.20. The number of hydrogen-bond donors (Lipinski definition) is 2. The molecule has 1 aliphatic rings. The molecule has 0 heterocycles. The van der Waals surface area contributed by atoms with Crippen LogP contribution in [0.5, 0.6) is 0 Å². The van der Waals surface area contributed by atoms with Gasteiger partial charge in [-0.05, 0) is 25.7 Å². The first-order valence-electron chi connectivity index (χ1n) is 8.69. The number of hydrogen-bond acceptors (Lipinski definition) is 2. The second kappa shape index (κ2) is 9.38. The minimum atomic E-state index is -0.283. The molecule has 0 saturated heterocycles. The van der Waals surface area contributed by atoms with Crippen molar-refractivity contribution < 1.29 is 4.79 Å². The predicted octanol–water partition coefficient (Wildman–Crippen LogP) is 3.76. The summed E-state index contributed by atoms with van der Waals surface area (Å²) in [5.41, 5.74) is 5.71. The molecule has 1 unspecified atom stereocenters. The number of unbranched alkanes of at least 4 members (excludes halogenated alkanes) is 1. The molecule has 1 saturated carbocycles. The first-order chi connectivity index (χ1) is 9.68. The van der Waals surface area contributed by atoms with E-state index in [-0.39, 0.29) is 11.3 Å². The Bertz CT molecular complexity index is 270. The van der Waals surface area contributed by atoms with Gasteiger partial charge in [0, 0.05) is 12.6 Å². The largest absolute Gasteiger partial charge is 0.353 e. The van der Waals surface area contributed by atoms with E-state index in [1.165, 1.54) is 25.7 Å². The van der Waals surface area contributed by atoms with Crippen molar-refractivity contribution in [3.05, 3.63) is 0 Å². The van der Waals surface area contributed by atoms with E-state index in [0.29, 0.717) is 12.6 Å². The van der Waals surface area contributed by atoms with Gasteiger partial charge in [0.15, 0.2) is 0 Å². The van der Waals surface area contributed by atoms with Crippen molar-refractivity contribution in [3.8, 4) is 0 Å². The zero-order valence-corrected chi connectivity index (χ0v) is 13.5. The van der Waals surface area contributed by atoms with Crippen molar-refractivity contribution in [3.63, 3.8) is 0 Å². The molecule has 0 radical (unpaired) electrons. The van der Waals surface area contributed by atoms with Crippen LogP contribution in [0.4, 0.5) is 0 Å². The molecule has 3 heteroatoms. The van der Waals surface area contributed by atoms with E-state index >= 15 is 0 Å². The lowest BCUT2D eigenvalue weighted by molar-refractivity contribution is -0.132. The number of nitrogens with two attached hydrogens (primary N) is 1. The van der Waals surface area contributed by atoms with Gasteiger partial charge in [-0.2, -0.15) is 0 Å². The summed E-state index contributed by atoms with van der Waals surface area (Å²) in [6.45, 7) is 4.90. The van der Waals surface area contributed by atoms with Gasteiger partial charge >= 0.3 is 0 Å². The molecule has 20 heavy (non-hydrogen) atoms. The minimum Gasteiger partial charge on any atom is -0.353 e. The number of nitrogens with one attached hydrogen (secondary N) is 1. The summed E-state index contributed by atoms with van der Waals surface area (Å²) in [6, 6.07) is 0.346. The molecule has 1 atom stereocenters. The summed E-state index contributed by atoms with van der Waals surface area (Å²) >= 11 is 0. The Balaban J connectivity index is 2.63. The summed E-state index contributed by atoms with van der Waals surface area (Å²) in [5.74, 6) is 0.233. The second-order valence-electron chi connectivity index (χ2n) is 6.50. The summed E-state index contributed by atoms with van der Waals surface area (Å²) in [5, 5.41) is 3.32. The average Bonchev–Trinajstić information content (AvgIpc) is 2.71. The van der Waals surface area contributed by atoms with E-state index in [1.807, 2.05) is 0 Å². The highest BCUT2D eigenvalue weighted by atomic mass is 16.2. The molecule has 1 amide bonds. The monoisotopic (exact) mass is 282 g/mol. The van der Waals surface area contributed by atoms with Gasteiger partial charge in [-0.1, -0.05) is 58.8 Å². The van der Waals surface area contributed by atoms with Crippen molar-refractivity contribution >= 4 is 5.91 Å². The van der Waals surface area contributed by atoms with E-state index in [2.05, 4.69) is 19.2 Å². The third kappa shape index (κ3) is 5.08. The molecule has 3 N–H and O–H groups in total. The molecular weight excluding hydrogens is 248 g/mol. The van der Waals surface area contributed by atoms with Crippen molar-refractivity contribution in [2.75, 3.05) is 6.54 Å². The minimum absolute atomic E-state index is 0.233. The van der Waals surface area contributed by atoms with Crippen LogP contribution >= 0.6 is 0 Å². The van der Waals surface area contributed by atoms with E-state index in [9.17, 15) is 4.79 Å². The molecule has 3 nitrogen and oxygen atoms in total. The maximum atomic E-state index is 12.8. The summed E-state index contributed by atoms with van der Waals surface area (Å²) < 4.78 is 0. The van der Waals surface area contributed by atoms with Crippen LogP contribution in [0.1, 0.15) is 84.5 Å². The van der Waals surface area contributed by atoms with Gasteiger partial charge in [0.25, 0.3) is 0 Å². The van der Waals surface area contributed by atoms with Crippen molar-refractivity contribution in [1.29, 1.82) is 0 Å². The summed E-state index contributed by atoms with van der Waals surface area (Å²) in [7, 11) is 0. The summed E-state index contributed by atoms with van der Waals surface area (Å²) in [4.78, 5) is 12.8. The van der Waals surface area contributed by atoms with Crippen molar-refractivity contribution in [2.45, 2.75) is 90.5 Å². The van der Waals surface area contributed by atoms with Crippen LogP contribution in [0, 0.1) is 5.41 Å². The number of rotatable bonds is 8. The molecule has 1 fully saturated rings. The first kappa shape index (κ1) is 17.5. The maximum absolute atomic E-state index is 12.8. The fraction of sp³-hybridized carbons (Fsp3) is 0.941. The molecule has 0 spiro atoms. The highest BCUT2D eigenvalue weighted by Gasteiger charge is 2.37. The maximum Gasteiger partial charge on any atom is 0.227 e. The molecule has 0 aromatic carbocycles. The quantitative estimate of drug-likeness (QED) is 0.666. The zero-order chi connectivity index (χ0) is 14.8. The molecule has 1 rings (SSSR count). The molecule has 0 bridgehead atoms. The Morgan fingerprint density at radius 1 is 1.10 bits per heavy atom. The predicted molar refractivity (Wildman–Crippen MR) is 85.6 cm³/mol. The fourth-order valence-electron chi connectivity index (χ4n) is 3.36. The number of carbonyl (C=O) groups excluding carboxylic acids is 1. The van der Waals surface area contributed by atoms with Gasteiger partial charge in [-0.15, -0.1) is 0 Å². The average molecular weight is 282 g/mol. The number of carbonyl (C=O) groups is 1. The Morgan fingerprint density at radius 2 is 1.75 bits per heavy atom. The Hall–Kier alpha value is -0.570. The number of amides is 1. The van der Waals surface area contributed by atoms with Gasteiger partial charge in [0.05, 0.1) is 5.41 Å². The van der Waals surface area contributed by atoms with Gasteiger partial charge in [-0.25, -0.2) is 0 Å². The van der Waals surface area contributed by atoms with Crippen LogP contribution < -0.4 is 11.1 Å². The lowest BCUT2D eigenvalue weighted by Gasteiger charge is -2.32. The molecular formula is C17H34N2O. The highest BCUT2D eigenvalue weighted by molar-refractivity contribution is 5.83. The smallest absolute Gasteiger partial charge is 0.227 e. The fourth-order valence-corrected chi connectivity index (χ4v) is 3.36. The van der Waals surface area contributed by atoms with Crippen molar-refractivity contribution in [1.82, 2.24) is 5.32 Å². The third-order valence-corrected chi connectivity index (χ3v) is 4.81. The van der Waals surface area contributed by atoms with Gasteiger partial charge in [0.2, 0.25) is 5.91 Å². The van der Waals surface area contributed by atoms with Crippen LogP contribution in [0.25, 0.3) is 0 Å². The molecule has 118 valence electrons. The van der Waals surface area contributed by atoms with Crippen LogP contribution in [0.2, 0.25) is 0 Å². The SMILES string of the molecule is CCCCC(CCC)NC(=O)C1(CN)CCCCCC1. The molecule has 1 aliphatic carbocycles. The third-order valence-electron chi connectivity index (χ3n) is 4.81. The molecule has 0 aromatic heterocycles. The zero-order valence-electron chi connectivity index (χ0n) is 13.5. The summed E-state index contributed by atoms with van der Waals surface area (Å²) in [6.07, 6.45) is 12.5.